The second-order valence-corrected chi connectivity index (χ2v) is 2.38. The minimum Gasteiger partial charge on any atom is -0.316 e. The first-order chi connectivity index (χ1) is 5.38. The Morgan fingerprint density at radius 1 is 1.73 bits per heavy atom. The summed E-state index contributed by atoms with van der Waals surface area (Å²) in [5, 5.41) is 8.70. The van der Waals surface area contributed by atoms with E-state index in [1.807, 2.05) is 19.1 Å². The van der Waals surface area contributed by atoms with E-state index in [0.29, 0.717) is 0 Å². The number of hydrogen-bond acceptors (Lipinski definition) is 3. The fourth-order valence-electron chi connectivity index (χ4n) is 0.984. The molecule has 0 aliphatic heterocycles. The number of nitrogens with zero attached hydrogens (tertiary/aromatic N) is 1. The molecule has 0 saturated carbocycles. The molecule has 3 heteroatoms. The smallest absolute Gasteiger partial charge is 0.0581 e. The Bertz CT molecular complexity index is 197. The first-order valence-electron chi connectivity index (χ1n) is 3.68. The number of aromatic nitrogens is 1. The van der Waals surface area contributed by atoms with Crippen LogP contribution in [0.4, 0.5) is 0 Å². The minimum atomic E-state index is 0.00343. The maximum Gasteiger partial charge on any atom is 0.0581 e. The number of hydroxylamine groups is 1. The maximum atomic E-state index is 8.70. The highest BCUT2D eigenvalue weighted by Crippen LogP contribution is 2.13. The van der Waals surface area contributed by atoms with Gasteiger partial charge in [-0.2, -0.15) is 5.48 Å². The molecule has 1 heterocycles. The summed E-state index contributed by atoms with van der Waals surface area (Å²) in [6.07, 6.45) is 4.31. The Hall–Kier alpha value is -0.930. The Kier molecular flexibility index (Phi) is 3.01. The molecule has 1 aromatic heterocycles. The molecule has 0 radical (unpaired) electrons. The third-order valence-electron chi connectivity index (χ3n) is 1.65. The first-order valence-corrected chi connectivity index (χ1v) is 3.68. The van der Waals surface area contributed by atoms with Crippen molar-refractivity contribution in [3.05, 3.63) is 30.1 Å². The van der Waals surface area contributed by atoms with Crippen molar-refractivity contribution in [3.63, 3.8) is 0 Å². The highest BCUT2D eigenvalue weighted by atomic mass is 16.5. The summed E-state index contributed by atoms with van der Waals surface area (Å²) in [6, 6.07) is 3.79. The summed E-state index contributed by atoms with van der Waals surface area (Å²) in [4.78, 5) is 3.95. The molecule has 2 N–H and O–H groups in total. The Morgan fingerprint density at radius 3 is 3.00 bits per heavy atom. The van der Waals surface area contributed by atoms with Gasteiger partial charge in [0.25, 0.3) is 0 Å². The molecule has 11 heavy (non-hydrogen) atoms. The lowest BCUT2D eigenvalue weighted by Gasteiger charge is -2.11. The van der Waals surface area contributed by atoms with Gasteiger partial charge in [-0.1, -0.05) is 13.0 Å². The molecule has 0 spiro atoms. The van der Waals surface area contributed by atoms with Gasteiger partial charge in [0.1, 0.15) is 0 Å². The zero-order valence-electron chi connectivity index (χ0n) is 6.49. The fraction of sp³-hybridized carbons (Fsp3) is 0.375. The Labute approximate surface area is 66.0 Å². The van der Waals surface area contributed by atoms with E-state index in [-0.39, 0.29) is 6.04 Å². The van der Waals surface area contributed by atoms with Crippen molar-refractivity contribution in [2.75, 3.05) is 0 Å². The van der Waals surface area contributed by atoms with Crippen molar-refractivity contribution < 1.29 is 5.21 Å². The van der Waals surface area contributed by atoms with E-state index >= 15 is 0 Å². The molecule has 1 rings (SSSR count). The van der Waals surface area contributed by atoms with Crippen molar-refractivity contribution in [2.24, 2.45) is 0 Å². The van der Waals surface area contributed by atoms with Crippen molar-refractivity contribution in [3.8, 4) is 0 Å². The van der Waals surface area contributed by atoms with Crippen LogP contribution in [-0.4, -0.2) is 10.2 Å². The van der Waals surface area contributed by atoms with Crippen LogP contribution in [0.2, 0.25) is 0 Å². The fourth-order valence-corrected chi connectivity index (χ4v) is 0.984. The number of rotatable bonds is 3. The molecule has 0 amide bonds. The van der Waals surface area contributed by atoms with Gasteiger partial charge in [0.2, 0.25) is 0 Å². The summed E-state index contributed by atoms with van der Waals surface area (Å²) in [5.74, 6) is 0. The maximum absolute atomic E-state index is 8.70. The standard InChI is InChI=1S/C8H12N2O/c1-2-8(10-11)7-4-3-5-9-6-7/h3-6,8,10-11H,2H2,1H3. The highest BCUT2D eigenvalue weighted by Gasteiger charge is 2.05. The molecule has 0 aliphatic carbocycles. The van der Waals surface area contributed by atoms with Crippen LogP contribution in [0.15, 0.2) is 24.5 Å². The third-order valence-corrected chi connectivity index (χ3v) is 1.65. The topological polar surface area (TPSA) is 45.1 Å². The summed E-state index contributed by atoms with van der Waals surface area (Å²) >= 11 is 0. The van der Waals surface area contributed by atoms with Gasteiger partial charge < -0.3 is 5.21 Å². The molecule has 0 aromatic carbocycles. The zero-order valence-corrected chi connectivity index (χ0v) is 6.49. The predicted octanol–water partition coefficient (Wildman–Crippen LogP) is 1.51. The zero-order chi connectivity index (χ0) is 8.10. The van der Waals surface area contributed by atoms with Crippen LogP contribution in [0.25, 0.3) is 0 Å². The van der Waals surface area contributed by atoms with Gasteiger partial charge in [0.05, 0.1) is 6.04 Å². The molecule has 0 aliphatic rings. The molecule has 0 bridgehead atoms. The molecular formula is C8H12N2O. The molecule has 1 unspecified atom stereocenters. The van der Waals surface area contributed by atoms with E-state index in [4.69, 9.17) is 5.21 Å². The van der Waals surface area contributed by atoms with Crippen LogP contribution in [-0.2, 0) is 0 Å². The number of pyridine rings is 1. The van der Waals surface area contributed by atoms with E-state index in [1.54, 1.807) is 12.4 Å². The van der Waals surface area contributed by atoms with Crippen LogP contribution in [0.1, 0.15) is 24.9 Å². The summed E-state index contributed by atoms with van der Waals surface area (Å²) < 4.78 is 0. The summed E-state index contributed by atoms with van der Waals surface area (Å²) in [6.45, 7) is 2.00. The molecule has 60 valence electrons. The third kappa shape index (κ3) is 2.00. The predicted molar refractivity (Wildman–Crippen MR) is 42.2 cm³/mol. The normalized spacial score (nSPS) is 12.9. The van der Waals surface area contributed by atoms with Crippen LogP contribution in [0.5, 0.6) is 0 Å². The average Bonchev–Trinajstić information content (AvgIpc) is 2.09. The van der Waals surface area contributed by atoms with Crippen LogP contribution in [0.3, 0.4) is 0 Å². The lowest BCUT2D eigenvalue weighted by molar-refractivity contribution is 0.124. The largest absolute Gasteiger partial charge is 0.316 e. The molecule has 0 fully saturated rings. The molecule has 0 saturated heterocycles. The van der Waals surface area contributed by atoms with Crippen LogP contribution < -0.4 is 5.48 Å². The number of hydrogen-bond donors (Lipinski definition) is 2. The van der Waals surface area contributed by atoms with Crippen molar-refractivity contribution in [2.45, 2.75) is 19.4 Å². The Balaban J connectivity index is 2.74. The quantitative estimate of drug-likeness (QED) is 0.645. The first kappa shape index (κ1) is 8.17. The summed E-state index contributed by atoms with van der Waals surface area (Å²) in [7, 11) is 0. The SMILES string of the molecule is CCC(NO)c1cccnc1. The van der Waals surface area contributed by atoms with Gasteiger partial charge in [-0.3, -0.25) is 4.98 Å². The van der Waals surface area contributed by atoms with Gasteiger partial charge in [-0.15, -0.1) is 0 Å². The van der Waals surface area contributed by atoms with Gasteiger partial charge in [-0.05, 0) is 18.1 Å². The van der Waals surface area contributed by atoms with E-state index in [0.717, 1.165) is 12.0 Å². The van der Waals surface area contributed by atoms with E-state index in [2.05, 4.69) is 10.5 Å². The molecule has 3 nitrogen and oxygen atoms in total. The minimum absolute atomic E-state index is 0.00343. The Morgan fingerprint density at radius 2 is 2.55 bits per heavy atom. The molecular weight excluding hydrogens is 140 g/mol. The van der Waals surface area contributed by atoms with Gasteiger partial charge in [0.15, 0.2) is 0 Å². The van der Waals surface area contributed by atoms with Gasteiger partial charge >= 0.3 is 0 Å². The van der Waals surface area contributed by atoms with Crippen LogP contribution in [0, 0.1) is 0 Å². The highest BCUT2D eigenvalue weighted by molar-refractivity contribution is 5.12. The molecule has 1 atom stereocenters. The van der Waals surface area contributed by atoms with Gasteiger partial charge in [-0.25, -0.2) is 0 Å². The monoisotopic (exact) mass is 152 g/mol. The van der Waals surface area contributed by atoms with E-state index in [9.17, 15) is 0 Å². The second-order valence-electron chi connectivity index (χ2n) is 2.38. The molecule has 1 aromatic rings. The second kappa shape index (κ2) is 4.05. The average molecular weight is 152 g/mol. The lowest BCUT2D eigenvalue weighted by Crippen LogP contribution is -2.15. The van der Waals surface area contributed by atoms with E-state index in [1.165, 1.54) is 0 Å². The van der Waals surface area contributed by atoms with Gasteiger partial charge in [0, 0.05) is 12.4 Å². The van der Waals surface area contributed by atoms with Crippen LogP contribution >= 0.6 is 0 Å². The van der Waals surface area contributed by atoms with E-state index < -0.39 is 0 Å². The van der Waals surface area contributed by atoms with Crippen molar-refractivity contribution >= 4 is 0 Å². The van der Waals surface area contributed by atoms with Crippen molar-refractivity contribution in [1.29, 1.82) is 0 Å². The lowest BCUT2D eigenvalue weighted by atomic mass is 10.1. The number of nitrogens with one attached hydrogen (secondary N) is 1. The summed E-state index contributed by atoms with van der Waals surface area (Å²) in [5.41, 5.74) is 3.24. The van der Waals surface area contributed by atoms with Crippen molar-refractivity contribution in [1.82, 2.24) is 10.5 Å².